The predicted molar refractivity (Wildman–Crippen MR) is 105 cm³/mol. The lowest BCUT2D eigenvalue weighted by Gasteiger charge is -2.09. The van der Waals surface area contributed by atoms with Crippen molar-refractivity contribution in [2.75, 3.05) is 30.0 Å². The first-order valence-electron chi connectivity index (χ1n) is 7.88. The van der Waals surface area contributed by atoms with Crippen LogP contribution in [0.1, 0.15) is 36.7 Å². The van der Waals surface area contributed by atoms with E-state index < -0.39 is 0 Å². The topological polar surface area (TPSA) is 67.8 Å². The zero-order valence-corrected chi connectivity index (χ0v) is 16.5. The summed E-state index contributed by atoms with van der Waals surface area (Å²) in [7, 11) is 0. The van der Waals surface area contributed by atoms with Crippen LogP contribution in [0.4, 0.5) is 5.00 Å². The van der Waals surface area contributed by atoms with Crippen molar-refractivity contribution in [3.8, 4) is 0 Å². The second-order valence-electron chi connectivity index (χ2n) is 5.62. The predicted octanol–water partition coefficient (Wildman–Crippen LogP) is 3.90. The first kappa shape index (κ1) is 19.3. The van der Waals surface area contributed by atoms with Gasteiger partial charge in [-0.05, 0) is 30.2 Å². The molecule has 1 aromatic heterocycles. The summed E-state index contributed by atoms with van der Waals surface area (Å²) in [5.41, 5.74) is 1.44. The van der Waals surface area contributed by atoms with Crippen molar-refractivity contribution in [2.24, 2.45) is 10.9 Å². The van der Waals surface area contributed by atoms with Crippen LogP contribution in [0.2, 0.25) is 0 Å². The zero-order chi connectivity index (χ0) is 17.5. The van der Waals surface area contributed by atoms with Gasteiger partial charge < -0.3 is 10.1 Å². The smallest absolute Gasteiger partial charge is 0.341 e. The van der Waals surface area contributed by atoms with Crippen LogP contribution < -0.4 is 5.32 Å². The molecule has 1 N–H and O–H groups in total. The number of hydrogen-bond donors (Lipinski definition) is 1. The minimum absolute atomic E-state index is 0.126. The third-order valence-electron chi connectivity index (χ3n) is 3.11. The molecule has 0 bridgehead atoms. The van der Waals surface area contributed by atoms with Crippen molar-refractivity contribution in [3.63, 3.8) is 0 Å². The molecular formula is C16H22N2O3S3. The van der Waals surface area contributed by atoms with Gasteiger partial charge in [0.15, 0.2) is 0 Å². The summed E-state index contributed by atoms with van der Waals surface area (Å²) in [6.07, 6.45) is 0.780. The number of aliphatic imine (C=N–C) groups is 1. The number of esters is 1. The highest BCUT2D eigenvalue weighted by atomic mass is 32.2. The molecular weight excluding hydrogens is 364 g/mol. The molecule has 0 saturated carbocycles. The normalized spacial score (nSPS) is 13.9. The Kier molecular flexibility index (Phi) is 7.64. The number of thiophene rings is 1. The fourth-order valence-corrected chi connectivity index (χ4v) is 4.98. The minimum Gasteiger partial charge on any atom is -0.462 e. The first-order valence-corrected chi connectivity index (χ1v) is 10.7. The van der Waals surface area contributed by atoms with Gasteiger partial charge in [-0.1, -0.05) is 37.4 Å². The average Bonchev–Trinajstić information content (AvgIpc) is 3.15. The molecule has 0 atom stereocenters. The summed E-state index contributed by atoms with van der Waals surface area (Å²) in [4.78, 5) is 28.8. The molecule has 2 heterocycles. The van der Waals surface area contributed by atoms with Gasteiger partial charge >= 0.3 is 5.97 Å². The fraction of sp³-hybridized carbons (Fsp3) is 0.562. The maximum absolute atomic E-state index is 12.3. The number of anilines is 1. The molecule has 0 aromatic carbocycles. The van der Waals surface area contributed by atoms with Crippen LogP contribution in [0, 0.1) is 5.92 Å². The van der Waals surface area contributed by atoms with Gasteiger partial charge in [-0.3, -0.25) is 9.79 Å². The van der Waals surface area contributed by atoms with E-state index in [9.17, 15) is 9.59 Å². The van der Waals surface area contributed by atoms with E-state index in [1.54, 1.807) is 18.7 Å². The van der Waals surface area contributed by atoms with E-state index >= 15 is 0 Å². The number of rotatable bonds is 7. The Hall–Kier alpha value is -0.990. The van der Waals surface area contributed by atoms with E-state index in [2.05, 4.69) is 24.2 Å². The van der Waals surface area contributed by atoms with Crippen molar-refractivity contribution in [3.05, 3.63) is 16.5 Å². The summed E-state index contributed by atoms with van der Waals surface area (Å²) < 4.78 is 6.12. The summed E-state index contributed by atoms with van der Waals surface area (Å²) in [5, 5.41) is 5.38. The maximum atomic E-state index is 12.3. The maximum Gasteiger partial charge on any atom is 0.341 e. The molecule has 1 aliphatic rings. The molecule has 0 saturated heterocycles. The lowest BCUT2D eigenvalue weighted by atomic mass is 10.0. The van der Waals surface area contributed by atoms with E-state index in [0.717, 1.165) is 28.7 Å². The molecule has 0 fully saturated rings. The van der Waals surface area contributed by atoms with Gasteiger partial charge in [0.2, 0.25) is 5.91 Å². The standard InChI is InChI=1S/C16H22N2O3S3/c1-4-21-15(20)13-11(7-10(2)3)8-23-14(13)18-12(19)9-24-16-17-5-6-22-16/h8,10H,4-7,9H2,1-3H3,(H,18,19). The molecule has 24 heavy (non-hydrogen) atoms. The van der Waals surface area contributed by atoms with Crippen LogP contribution >= 0.6 is 34.9 Å². The summed E-state index contributed by atoms with van der Waals surface area (Å²) in [6, 6.07) is 0. The number of carbonyl (C=O) groups excluding carboxylic acids is 2. The number of nitrogens with zero attached hydrogens (tertiary/aromatic N) is 1. The third-order valence-corrected chi connectivity index (χ3v) is 6.31. The van der Waals surface area contributed by atoms with Crippen LogP contribution in [-0.4, -0.2) is 40.9 Å². The van der Waals surface area contributed by atoms with E-state index in [0.29, 0.717) is 28.8 Å². The monoisotopic (exact) mass is 386 g/mol. The van der Waals surface area contributed by atoms with Crippen molar-refractivity contribution in [1.29, 1.82) is 0 Å². The number of hydrogen-bond acceptors (Lipinski definition) is 7. The molecule has 8 heteroatoms. The molecule has 0 unspecified atom stereocenters. The van der Waals surface area contributed by atoms with Gasteiger partial charge in [-0.25, -0.2) is 4.79 Å². The molecule has 0 radical (unpaired) electrons. The second kappa shape index (κ2) is 9.48. The Morgan fingerprint density at radius 2 is 2.25 bits per heavy atom. The van der Waals surface area contributed by atoms with Crippen molar-refractivity contribution < 1.29 is 14.3 Å². The second-order valence-corrected chi connectivity index (χ2v) is 8.80. The largest absolute Gasteiger partial charge is 0.462 e. The van der Waals surface area contributed by atoms with E-state index in [4.69, 9.17) is 4.74 Å². The highest BCUT2D eigenvalue weighted by Crippen LogP contribution is 2.31. The van der Waals surface area contributed by atoms with Crippen LogP contribution in [0.15, 0.2) is 10.4 Å². The van der Waals surface area contributed by atoms with Crippen molar-refractivity contribution in [2.45, 2.75) is 27.2 Å². The Bertz CT molecular complexity index is 626. The number of nitrogens with one attached hydrogen (secondary N) is 1. The van der Waals surface area contributed by atoms with Crippen LogP contribution in [0.25, 0.3) is 0 Å². The van der Waals surface area contributed by atoms with E-state index in [-0.39, 0.29) is 11.9 Å². The number of amides is 1. The number of carbonyl (C=O) groups is 2. The van der Waals surface area contributed by atoms with E-state index in [1.807, 2.05) is 5.38 Å². The first-order chi connectivity index (χ1) is 11.5. The van der Waals surface area contributed by atoms with Gasteiger partial charge in [0, 0.05) is 5.75 Å². The highest BCUT2D eigenvalue weighted by molar-refractivity contribution is 8.39. The van der Waals surface area contributed by atoms with Crippen LogP contribution in [0.5, 0.6) is 0 Å². The van der Waals surface area contributed by atoms with Crippen molar-refractivity contribution in [1.82, 2.24) is 0 Å². The summed E-state index contributed by atoms with van der Waals surface area (Å²) in [6.45, 7) is 7.12. The average molecular weight is 387 g/mol. The molecule has 1 aromatic rings. The van der Waals surface area contributed by atoms with Gasteiger partial charge in [0.25, 0.3) is 0 Å². The van der Waals surface area contributed by atoms with Gasteiger partial charge in [-0.2, -0.15) is 0 Å². The van der Waals surface area contributed by atoms with Gasteiger partial charge in [0.1, 0.15) is 9.38 Å². The molecule has 1 amide bonds. The Balaban J connectivity index is 2.05. The van der Waals surface area contributed by atoms with Crippen LogP contribution in [0.3, 0.4) is 0 Å². The minimum atomic E-state index is -0.368. The third kappa shape index (κ3) is 5.53. The molecule has 132 valence electrons. The molecule has 0 aliphatic carbocycles. The lowest BCUT2D eigenvalue weighted by Crippen LogP contribution is -2.17. The molecule has 2 rings (SSSR count). The Labute approximate surface area is 155 Å². The Morgan fingerprint density at radius 1 is 1.46 bits per heavy atom. The molecule has 1 aliphatic heterocycles. The summed E-state index contributed by atoms with van der Waals surface area (Å²) in [5.74, 6) is 1.21. The van der Waals surface area contributed by atoms with Crippen LogP contribution in [-0.2, 0) is 16.0 Å². The zero-order valence-electron chi connectivity index (χ0n) is 14.1. The summed E-state index contributed by atoms with van der Waals surface area (Å²) >= 11 is 4.50. The quantitative estimate of drug-likeness (QED) is 0.720. The molecule has 0 spiro atoms. The lowest BCUT2D eigenvalue weighted by molar-refractivity contribution is -0.113. The highest BCUT2D eigenvalue weighted by Gasteiger charge is 2.22. The van der Waals surface area contributed by atoms with Gasteiger partial charge in [-0.15, -0.1) is 11.3 Å². The SMILES string of the molecule is CCOC(=O)c1c(CC(C)C)csc1NC(=O)CSC1=NCCS1. The van der Waals surface area contributed by atoms with Crippen molar-refractivity contribution >= 4 is 56.1 Å². The molecule has 5 nitrogen and oxygen atoms in total. The number of ether oxygens (including phenoxy) is 1. The van der Waals surface area contributed by atoms with E-state index in [1.165, 1.54) is 23.1 Å². The Morgan fingerprint density at radius 3 is 2.88 bits per heavy atom. The number of thioether (sulfide) groups is 2. The fourth-order valence-electron chi connectivity index (χ4n) is 2.20. The van der Waals surface area contributed by atoms with Gasteiger partial charge in [0.05, 0.1) is 24.5 Å².